The van der Waals surface area contributed by atoms with Crippen LogP contribution in [0.1, 0.15) is 48.7 Å². The molecule has 142 valence electrons. The van der Waals surface area contributed by atoms with E-state index in [1.807, 2.05) is 19.1 Å². The molecule has 1 aliphatic rings. The molecule has 6 heteroatoms. The SMILES string of the molecule is COc1ccc(CN2CCCCC[C@H]2c2cc(C)no2)c(OC)c1OC. The molecule has 0 N–H and O–H groups in total. The van der Waals surface area contributed by atoms with Crippen molar-refractivity contribution >= 4 is 0 Å². The Morgan fingerprint density at radius 2 is 1.88 bits per heavy atom. The second kappa shape index (κ2) is 8.45. The zero-order valence-electron chi connectivity index (χ0n) is 16.1. The van der Waals surface area contributed by atoms with Crippen molar-refractivity contribution in [2.75, 3.05) is 27.9 Å². The fourth-order valence-corrected chi connectivity index (χ4v) is 3.73. The number of methoxy groups -OCH3 is 3. The Labute approximate surface area is 155 Å². The summed E-state index contributed by atoms with van der Waals surface area (Å²) >= 11 is 0. The van der Waals surface area contributed by atoms with E-state index in [0.717, 1.165) is 42.3 Å². The number of hydrogen-bond donors (Lipinski definition) is 0. The Morgan fingerprint density at radius 1 is 1.08 bits per heavy atom. The van der Waals surface area contributed by atoms with Crippen LogP contribution in [0.3, 0.4) is 0 Å². The Hall–Kier alpha value is -2.21. The second-order valence-corrected chi connectivity index (χ2v) is 6.70. The van der Waals surface area contributed by atoms with Crippen molar-refractivity contribution in [2.45, 2.75) is 45.2 Å². The number of aryl methyl sites for hydroxylation is 1. The van der Waals surface area contributed by atoms with Crippen molar-refractivity contribution in [2.24, 2.45) is 0 Å². The van der Waals surface area contributed by atoms with Crippen molar-refractivity contribution in [3.05, 3.63) is 35.2 Å². The summed E-state index contributed by atoms with van der Waals surface area (Å²) in [5, 5.41) is 4.08. The maximum Gasteiger partial charge on any atom is 0.203 e. The first kappa shape index (κ1) is 18.6. The van der Waals surface area contributed by atoms with E-state index in [9.17, 15) is 0 Å². The molecule has 1 aromatic carbocycles. The molecule has 0 amide bonds. The fraction of sp³-hybridized carbons (Fsp3) is 0.550. The van der Waals surface area contributed by atoms with E-state index in [0.29, 0.717) is 11.5 Å². The van der Waals surface area contributed by atoms with Gasteiger partial charge in [0.15, 0.2) is 17.3 Å². The minimum absolute atomic E-state index is 0.233. The molecule has 1 aromatic heterocycles. The highest BCUT2D eigenvalue weighted by molar-refractivity contribution is 5.55. The van der Waals surface area contributed by atoms with Crippen LogP contribution in [0.2, 0.25) is 0 Å². The monoisotopic (exact) mass is 360 g/mol. The summed E-state index contributed by atoms with van der Waals surface area (Å²) in [4.78, 5) is 2.46. The van der Waals surface area contributed by atoms with Gasteiger partial charge in [-0.3, -0.25) is 4.90 Å². The van der Waals surface area contributed by atoms with E-state index in [4.69, 9.17) is 18.7 Å². The van der Waals surface area contributed by atoms with Gasteiger partial charge in [-0.1, -0.05) is 24.1 Å². The fourth-order valence-electron chi connectivity index (χ4n) is 3.73. The van der Waals surface area contributed by atoms with Gasteiger partial charge < -0.3 is 18.7 Å². The molecular formula is C20H28N2O4. The van der Waals surface area contributed by atoms with Crippen LogP contribution in [0.15, 0.2) is 22.7 Å². The molecular weight excluding hydrogens is 332 g/mol. The molecule has 1 saturated heterocycles. The highest BCUT2D eigenvalue weighted by atomic mass is 16.5. The molecule has 0 saturated carbocycles. The van der Waals surface area contributed by atoms with E-state index in [1.165, 1.54) is 19.3 Å². The van der Waals surface area contributed by atoms with Gasteiger partial charge in [-0.25, -0.2) is 0 Å². The lowest BCUT2D eigenvalue weighted by molar-refractivity contribution is 0.158. The summed E-state index contributed by atoms with van der Waals surface area (Å²) in [5.41, 5.74) is 2.00. The van der Waals surface area contributed by atoms with Crippen LogP contribution in [0.4, 0.5) is 0 Å². The Morgan fingerprint density at radius 3 is 2.54 bits per heavy atom. The molecule has 2 aromatic rings. The van der Waals surface area contributed by atoms with Crippen LogP contribution < -0.4 is 14.2 Å². The van der Waals surface area contributed by atoms with Gasteiger partial charge in [-0.05, 0) is 32.4 Å². The average Bonchev–Trinajstić information content (AvgIpc) is 2.95. The van der Waals surface area contributed by atoms with Crippen molar-refractivity contribution in [3.63, 3.8) is 0 Å². The quantitative estimate of drug-likeness (QED) is 0.772. The van der Waals surface area contributed by atoms with Crippen LogP contribution in [-0.4, -0.2) is 37.9 Å². The summed E-state index contributed by atoms with van der Waals surface area (Å²) in [6.07, 6.45) is 4.69. The maximum atomic E-state index is 5.66. The third kappa shape index (κ3) is 3.80. The lowest BCUT2D eigenvalue weighted by Crippen LogP contribution is -2.28. The molecule has 0 radical (unpaired) electrons. The van der Waals surface area contributed by atoms with Crippen LogP contribution in [0.5, 0.6) is 17.2 Å². The van der Waals surface area contributed by atoms with Crippen molar-refractivity contribution in [1.82, 2.24) is 10.1 Å². The lowest BCUT2D eigenvalue weighted by atomic mass is 10.1. The first-order valence-electron chi connectivity index (χ1n) is 9.13. The summed E-state index contributed by atoms with van der Waals surface area (Å²) < 4.78 is 22.2. The van der Waals surface area contributed by atoms with Crippen molar-refractivity contribution in [3.8, 4) is 17.2 Å². The van der Waals surface area contributed by atoms with Crippen molar-refractivity contribution < 1.29 is 18.7 Å². The molecule has 3 rings (SSSR count). The molecule has 0 spiro atoms. The van der Waals surface area contributed by atoms with Gasteiger partial charge in [0.1, 0.15) is 0 Å². The smallest absolute Gasteiger partial charge is 0.203 e. The molecule has 0 bridgehead atoms. The minimum atomic E-state index is 0.233. The van der Waals surface area contributed by atoms with E-state index >= 15 is 0 Å². The molecule has 1 aliphatic heterocycles. The minimum Gasteiger partial charge on any atom is -0.493 e. The highest BCUT2D eigenvalue weighted by Gasteiger charge is 2.27. The number of ether oxygens (including phenoxy) is 3. The summed E-state index contributed by atoms with van der Waals surface area (Å²) in [6, 6.07) is 6.27. The molecule has 6 nitrogen and oxygen atoms in total. The number of rotatable bonds is 6. The normalized spacial score (nSPS) is 18.4. The Kier molecular flexibility index (Phi) is 6.04. The molecule has 0 unspecified atom stereocenters. The Bertz CT molecular complexity index is 729. The maximum absolute atomic E-state index is 5.66. The zero-order valence-corrected chi connectivity index (χ0v) is 16.1. The average molecular weight is 360 g/mol. The van der Waals surface area contributed by atoms with E-state index in [1.54, 1.807) is 21.3 Å². The van der Waals surface area contributed by atoms with Crippen LogP contribution in [0, 0.1) is 6.92 Å². The molecule has 0 aliphatic carbocycles. The second-order valence-electron chi connectivity index (χ2n) is 6.70. The van der Waals surface area contributed by atoms with Gasteiger partial charge in [-0.15, -0.1) is 0 Å². The van der Waals surface area contributed by atoms with Gasteiger partial charge in [0, 0.05) is 18.2 Å². The van der Waals surface area contributed by atoms with Crippen molar-refractivity contribution in [1.29, 1.82) is 0 Å². The van der Waals surface area contributed by atoms with Crippen LogP contribution in [-0.2, 0) is 6.54 Å². The summed E-state index contributed by atoms with van der Waals surface area (Å²) in [5.74, 6) is 2.98. The van der Waals surface area contributed by atoms with E-state index < -0.39 is 0 Å². The topological polar surface area (TPSA) is 57.0 Å². The molecule has 1 fully saturated rings. The van der Waals surface area contributed by atoms with Gasteiger partial charge in [-0.2, -0.15) is 0 Å². The third-order valence-electron chi connectivity index (χ3n) is 5.00. The van der Waals surface area contributed by atoms with E-state index in [2.05, 4.69) is 16.1 Å². The number of hydrogen-bond acceptors (Lipinski definition) is 6. The predicted molar refractivity (Wildman–Crippen MR) is 99.0 cm³/mol. The van der Waals surface area contributed by atoms with E-state index in [-0.39, 0.29) is 6.04 Å². The van der Waals surface area contributed by atoms with Crippen LogP contribution in [0.25, 0.3) is 0 Å². The lowest BCUT2D eigenvalue weighted by Gasteiger charge is -2.29. The van der Waals surface area contributed by atoms with Crippen LogP contribution >= 0.6 is 0 Å². The van der Waals surface area contributed by atoms with Gasteiger partial charge in [0.2, 0.25) is 5.75 Å². The third-order valence-corrected chi connectivity index (χ3v) is 5.00. The molecule has 1 atom stereocenters. The highest BCUT2D eigenvalue weighted by Crippen LogP contribution is 2.41. The summed E-state index contributed by atoms with van der Waals surface area (Å²) in [6.45, 7) is 3.74. The molecule has 2 heterocycles. The number of benzene rings is 1. The van der Waals surface area contributed by atoms with Gasteiger partial charge in [0.05, 0.1) is 33.1 Å². The zero-order chi connectivity index (χ0) is 18.5. The van der Waals surface area contributed by atoms with Gasteiger partial charge >= 0.3 is 0 Å². The first-order chi connectivity index (χ1) is 12.7. The Balaban J connectivity index is 1.92. The van der Waals surface area contributed by atoms with Gasteiger partial charge in [0.25, 0.3) is 0 Å². The first-order valence-corrected chi connectivity index (χ1v) is 9.13. The summed E-state index contributed by atoms with van der Waals surface area (Å²) in [7, 11) is 4.94. The number of nitrogens with zero attached hydrogens (tertiary/aromatic N) is 2. The predicted octanol–water partition coefficient (Wildman–Crippen LogP) is 4.13. The largest absolute Gasteiger partial charge is 0.493 e. The molecule has 26 heavy (non-hydrogen) atoms. The number of aromatic nitrogens is 1. The number of likely N-dealkylation sites (tertiary alicyclic amines) is 1. The standard InChI is InChI=1S/C20H28N2O4/c1-14-12-18(26-21-14)16-8-6-5-7-11-22(16)13-15-9-10-17(23-2)20(25-4)19(15)24-3/h9-10,12,16H,5-8,11,13H2,1-4H3/t16-/m0/s1.